The molecule has 2 aromatic heterocycles. The van der Waals surface area contributed by atoms with Crippen LogP contribution < -0.4 is 5.32 Å². The van der Waals surface area contributed by atoms with Gasteiger partial charge >= 0.3 is 0 Å². The molecule has 1 aliphatic rings. The van der Waals surface area contributed by atoms with E-state index in [9.17, 15) is 0 Å². The van der Waals surface area contributed by atoms with Crippen molar-refractivity contribution in [3.05, 3.63) is 29.7 Å². The number of hydrogen-bond acceptors (Lipinski definition) is 3. The normalized spacial score (nSPS) is 17.0. The molecule has 4 heteroatoms. The lowest BCUT2D eigenvalue weighted by molar-refractivity contribution is 0.657. The van der Waals surface area contributed by atoms with Crippen LogP contribution in [0.2, 0.25) is 0 Å². The second-order valence-corrected chi connectivity index (χ2v) is 4.77. The smallest absolute Gasteiger partial charge is 0.155 e. The van der Waals surface area contributed by atoms with Crippen molar-refractivity contribution in [3.8, 4) is 0 Å². The van der Waals surface area contributed by atoms with Gasteiger partial charge in [0.15, 0.2) is 11.5 Å². The lowest BCUT2D eigenvalue weighted by Gasteiger charge is -2.02. The molecule has 1 saturated carbocycles. The van der Waals surface area contributed by atoms with Gasteiger partial charge in [-0.15, -0.1) is 0 Å². The maximum atomic E-state index is 4.68. The predicted octanol–water partition coefficient (Wildman–Crippen LogP) is 2.11. The lowest BCUT2D eigenvalue weighted by atomic mass is 10.1. The highest BCUT2D eigenvalue weighted by Crippen LogP contribution is 2.32. The zero-order valence-corrected chi connectivity index (χ0v) is 10.2. The molecule has 3 rings (SSSR count). The first-order chi connectivity index (χ1) is 8.38. The van der Waals surface area contributed by atoms with Crippen LogP contribution >= 0.6 is 0 Å². The number of aromatic nitrogens is 3. The van der Waals surface area contributed by atoms with E-state index in [1.165, 1.54) is 31.4 Å². The van der Waals surface area contributed by atoms with Crippen molar-refractivity contribution < 1.29 is 0 Å². The minimum atomic E-state index is 0.581. The van der Waals surface area contributed by atoms with E-state index in [2.05, 4.69) is 27.5 Å². The number of hydrogen-bond donors (Lipinski definition) is 1. The van der Waals surface area contributed by atoms with Crippen LogP contribution in [0, 0.1) is 0 Å². The molecule has 90 valence electrons. The molecule has 2 aromatic rings. The molecule has 0 spiro atoms. The van der Waals surface area contributed by atoms with E-state index in [1.807, 2.05) is 17.6 Å². The van der Waals surface area contributed by atoms with Gasteiger partial charge in [-0.1, -0.05) is 18.9 Å². The minimum Gasteiger partial charge on any atom is -0.314 e. The number of fused-ring (bicyclic) bond motifs is 1. The maximum Gasteiger partial charge on any atom is 0.155 e. The molecule has 0 bridgehead atoms. The van der Waals surface area contributed by atoms with Gasteiger partial charge in [-0.2, -0.15) is 5.10 Å². The van der Waals surface area contributed by atoms with E-state index in [1.54, 1.807) is 0 Å². The highest BCUT2D eigenvalue weighted by molar-refractivity contribution is 5.39. The summed E-state index contributed by atoms with van der Waals surface area (Å²) in [6, 6.07) is 6.18. The zero-order valence-electron chi connectivity index (χ0n) is 10.2. The highest BCUT2D eigenvalue weighted by Gasteiger charge is 2.21. The zero-order chi connectivity index (χ0) is 11.7. The molecule has 0 unspecified atom stereocenters. The minimum absolute atomic E-state index is 0.581. The molecular formula is C13H18N4. The van der Waals surface area contributed by atoms with Gasteiger partial charge in [0.1, 0.15) is 0 Å². The molecule has 1 aliphatic carbocycles. The predicted molar refractivity (Wildman–Crippen MR) is 67.0 cm³/mol. The van der Waals surface area contributed by atoms with Gasteiger partial charge < -0.3 is 5.32 Å². The summed E-state index contributed by atoms with van der Waals surface area (Å²) in [4.78, 5) is 4.66. The van der Waals surface area contributed by atoms with Crippen molar-refractivity contribution in [1.29, 1.82) is 0 Å². The topological polar surface area (TPSA) is 42.2 Å². The molecule has 0 aromatic carbocycles. The Kier molecular flexibility index (Phi) is 2.81. The van der Waals surface area contributed by atoms with Crippen LogP contribution in [-0.4, -0.2) is 21.6 Å². The quantitative estimate of drug-likeness (QED) is 0.878. The molecule has 1 fully saturated rings. The van der Waals surface area contributed by atoms with Crippen LogP contribution in [0.15, 0.2) is 18.2 Å². The maximum absolute atomic E-state index is 4.68. The van der Waals surface area contributed by atoms with E-state index in [0.717, 1.165) is 18.0 Å². The monoisotopic (exact) mass is 230 g/mol. The molecular weight excluding hydrogens is 212 g/mol. The fourth-order valence-electron chi connectivity index (χ4n) is 2.65. The average Bonchev–Trinajstić information content (AvgIpc) is 2.98. The first kappa shape index (κ1) is 10.7. The van der Waals surface area contributed by atoms with Crippen molar-refractivity contribution in [3.63, 3.8) is 0 Å². The largest absolute Gasteiger partial charge is 0.314 e. The molecule has 0 atom stereocenters. The first-order valence-electron chi connectivity index (χ1n) is 6.37. The Labute approximate surface area is 101 Å². The van der Waals surface area contributed by atoms with E-state index in [4.69, 9.17) is 0 Å². The van der Waals surface area contributed by atoms with Crippen molar-refractivity contribution in [2.45, 2.75) is 38.1 Å². The Morgan fingerprint density at radius 1 is 1.35 bits per heavy atom. The molecule has 2 heterocycles. The average molecular weight is 230 g/mol. The van der Waals surface area contributed by atoms with E-state index in [0.29, 0.717) is 5.92 Å². The second kappa shape index (κ2) is 4.45. The van der Waals surface area contributed by atoms with Gasteiger partial charge in [-0.25, -0.2) is 9.50 Å². The third kappa shape index (κ3) is 1.93. The van der Waals surface area contributed by atoms with Gasteiger partial charge in [-0.05, 0) is 32.0 Å². The first-order valence-corrected chi connectivity index (χ1v) is 6.37. The SMILES string of the molecule is CNCc1cccc2nc(C3CCCC3)nn12. The van der Waals surface area contributed by atoms with E-state index in [-0.39, 0.29) is 0 Å². The van der Waals surface area contributed by atoms with Crippen LogP contribution in [0.25, 0.3) is 5.65 Å². The van der Waals surface area contributed by atoms with Crippen molar-refractivity contribution in [1.82, 2.24) is 19.9 Å². The summed E-state index contributed by atoms with van der Waals surface area (Å²) >= 11 is 0. The summed E-state index contributed by atoms with van der Waals surface area (Å²) in [5.41, 5.74) is 2.14. The summed E-state index contributed by atoms with van der Waals surface area (Å²) in [5.74, 6) is 1.61. The van der Waals surface area contributed by atoms with Gasteiger partial charge in [0.2, 0.25) is 0 Å². The van der Waals surface area contributed by atoms with Gasteiger partial charge in [-0.3, -0.25) is 0 Å². The van der Waals surface area contributed by atoms with Crippen LogP contribution in [0.5, 0.6) is 0 Å². The second-order valence-electron chi connectivity index (χ2n) is 4.77. The standard InChI is InChI=1S/C13H18N4/c1-14-9-11-7-4-8-12-15-13(16-17(11)12)10-5-2-3-6-10/h4,7-8,10,14H,2-3,5-6,9H2,1H3. The summed E-state index contributed by atoms with van der Waals surface area (Å²) in [5, 5.41) is 7.85. The molecule has 17 heavy (non-hydrogen) atoms. The number of pyridine rings is 1. The summed E-state index contributed by atoms with van der Waals surface area (Å²) in [7, 11) is 1.95. The molecule has 1 N–H and O–H groups in total. The number of nitrogens with zero attached hydrogens (tertiary/aromatic N) is 3. The molecule has 0 aliphatic heterocycles. The van der Waals surface area contributed by atoms with Gasteiger partial charge in [0, 0.05) is 12.5 Å². The van der Waals surface area contributed by atoms with Crippen molar-refractivity contribution >= 4 is 5.65 Å². The summed E-state index contributed by atoms with van der Waals surface area (Å²) < 4.78 is 1.98. The Hall–Kier alpha value is -1.42. The Morgan fingerprint density at radius 3 is 2.94 bits per heavy atom. The van der Waals surface area contributed by atoms with Crippen LogP contribution in [0.3, 0.4) is 0 Å². The van der Waals surface area contributed by atoms with Crippen molar-refractivity contribution in [2.75, 3.05) is 7.05 Å². The Balaban J connectivity index is 2.02. The number of rotatable bonds is 3. The molecule has 4 nitrogen and oxygen atoms in total. The van der Waals surface area contributed by atoms with Crippen LogP contribution in [-0.2, 0) is 6.54 Å². The van der Waals surface area contributed by atoms with E-state index < -0.39 is 0 Å². The lowest BCUT2D eigenvalue weighted by Crippen LogP contribution is -2.10. The third-order valence-electron chi connectivity index (χ3n) is 3.53. The highest BCUT2D eigenvalue weighted by atomic mass is 15.3. The fraction of sp³-hybridized carbons (Fsp3) is 0.538. The third-order valence-corrected chi connectivity index (χ3v) is 3.53. The summed E-state index contributed by atoms with van der Waals surface area (Å²) in [6.07, 6.45) is 5.14. The fourth-order valence-corrected chi connectivity index (χ4v) is 2.65. The molecule has 0 radical (unpaired) electrons. The van der Waals surface area contributed by atoms with Gasteiger partial charge in [0.05, 0.1) is 5.69 Å². The Morgan fingerprint density at radius 2 is 2.18 bits per heavy atom. The number of nitrogens with one attached hydrogen (secondary N) is 1. The summed E-state index contributed by atoms with van der Waals surface area (Å²) in [6.45, 7) is 0.824. The van der Waals surface area contributed by atoms with Crippen LogP contribution in [0.4, 0.5) is 0 Å². The van der Waals surface area contributed by atoms with Crippen molar-refractivity contribution in [2.24, 2.45) is 0 Å². The molecule has 0 saturated heterocycles. The van der Waals surface area contributed by atoms with Gasteiger partial charge in [0.25, 0.3) is 0 Å². The van der Waals surface area contributed by atoms with E-state index >= 15 is 0 Å². The Bertz CT molecular complexity index is 511. The van der Waals surface area contributed by atoms with Crippen LogP contribution in [0.1, 0.15) is 43.1 Å². The molecule has 0 amide bonds.